The largest absolute Gasteiger partial charge is 0.355 e. The number of rotatable bonds is 2. The molecule has 12 heavy (non-hydrogen) atoms. The summed E-state index contributed by atoms with van der Waals surface area (Å²) < 4.78 is 0. The van der Waals surface area contributed by atoms with Crippen LogP contribution in [0.2, 0.25) is 0 Å². The molecule has 0 radical (unpaired) electrons. The number of likely N-dealkylation sites (tertiary alicyclic amines) is 1. The normalized spacial score (nSPS) is 25.3. The van der Waals surface area contributed by atoms with E-state index in [0.29, 0.717) is 0 Å². The van der Waals surface area contributed by atoms with E-state index in [0.717, 1.165) is 19.5 Å². The predicted molar refractivity (Wildman–Crippen MR) is 49.0 cm³/mol. The summed E-state index contributed by atoms with van der Waals surface area (Å²) in [6, 6.07) is 0.124. The minimum Gasteiger partial charge on any atom is -0.355 e. The Kier molecular flexibility index (Phi) is 3.53. The fraction of sp³-hybridized carbons (Fsp3) is 0.889. The Morgan fingerprint density at radius 1 is 1.58 bits per heavy atom. The van der Waals surface area contributed by atoms with Crippen LogP contribution in [0.1, 0.15) is 26.2 Å². The molecule has 0 aromatic heterocycles. The van der Waals surface area contributed by atoms with Gasteiger partial charge in [-0.3, -0.25) is 9.69 Å². The van der Waals surface area contributed by atoms with E-state index in [4.69, 9.17) is 0 Å². The zero-order chi connectivity index (χ0) is 8.97. The second-order valence-corrected chi connectivity index (χ2v) is 3.39. The summed E-state index contributed by atoms with van der Waals surface area (Å²) in [5.74, 6) is 0.194. The lowest BCUT2D eigenvalue weighted by molar-refractivity contribution is -0.126. The van der Waals surface area contributed by atoms with E-state index in [1.54, 1.807) is 0 Å². The van der Waals surface area contributed by atoms with Gasteiger partial charge in [0.25, 0.3) is 0 Å². The molecule has 1 unspecified atom stereocenters. The molecule has 1 heterocycles. The van der Waals surface area contributed by atoms with Crippen LogP contribution in [-0.4, -0.2) is 37.0 Å². The molecule has 1 aliphatic rings. The lowest BCUT2D eigenvalue weighted by Gasteiger charge is -2.31. The first-order valence-electron chi connectivity index (χ1n) is 4.73. The molecule has 70 valence electrons. The van der Waals surface area contributed by atoms with Crippen LogP contribution < -0.4 is 5.32 Å². The molecule has 0 aromatic rings. The molecule has 0 aromatic carbocycles. The minimum atomic E-state index is 0.124. The van der Waals surface area contributed by atoms with Gasteiger partial charge in [-0.05, 0) is 33.4 Å². The molecule has 1 rings (SSSR count). The van der Waals surface area contributed by atoms with Crippen LogP contribution in [0.4, 0.5) is 0 Å². The number of carbonyl (C=O) groups is 1. The standard InChI is InChI=1S/C9H18N2O/c1-3-10-9(12)8-6-4-5-7-11(8)2/h8H,3-7H2,1-2H3,(H,10,12). The van der Waals surface area contributed by atoms with Crippen molar-refractivity contribution in [3.63, 3.8) is 0 Å². The Balaban J connectivity index is 2.42. The van der Waals surface area contributed by atoms with E-state index in [-0.39, 0.29) is 11.9 Å². The summed E-state index contributed by atoms with van der Waals surface area (Å²) in [5.41, 5.74) is 0. The third-order valence-electron chi connectivity index (χ3n) is 2.42. The molecule has 0 aliphatic carbocycles. The Hall–Kier alpha value is -0.570. The monoisotopic (exact) mass is 170 g/mol. The highest BCUT2D eigenvalue weighted by molar-refractivity contribution is 5.81. The number of hydrogen-bond acceptors (Lipinski definition) is 2. The van der Waals surface area contributed by atoms with Gasteiger partial charge in [-0.15, -0.1) is 0 Å². The molecular weight excluding hydrogens is 152 g/mol. The number of piperidine rings is 1. The van der Waals surface area contributed by atoms with Gasteiger partial charge in [-0.25, -0.2) is 0 Å². The summed E-state index contributed by atoms with van der Waals surface area (Å²) in [4.78, 5) is 13.6. The number of carbonyl (C=O) groups excluding carboxylic acids is 1. The number of nitrogens with one attached hydrogen (secondary N) is 1. The molecule has 3 heteroatoms. The summed E-state index contributed by atoms with van der Waals surface area (Å²) in [7, 11) is 2.03. The summed E-state index contributed by atoms with van der Waals surface area (Å²) >= 11 is 0. The van der Waals surface area contributed by atoms with E-state index in [2.05, 4.69) is 10.2 Å². The van der Waals surface area contributed by atoms with Gasteiger partial charge < -0.3 is 5.32 Å². The molecule has 3 nitrogen and oxygen atoms in total. The SMILES string of the molecule is CCNC(=O)C1CCCCN1C. The highest BCUT2D eigenvalue weighted by Gasteiger charge is 2.24. The zero-order valence-corrected chi connectivity index (χ0v) is 7.97. The van der Waals surface area contributed by atoms with Crippen LogP contribution in [0, 0.1) is 0 Å². The van der Waals surface area contributed by atoms with E-state index < -0.39 is 0 Å². The second-order valence-electron chi connectivity index (χ2n) is 3.39. The maximum Gasteiger partial charge on any atom is 0.237 e. The first-order chi connectivity index (χ1) is 5.75. The Labute approximate surface area is 74.1 Å². The van der Waals surface area contributed by atoms with Crippen LogP contribution in [0.15, 0.2) is 0 Å². The average molecular weight is 170 g/mol. The third-order valence-corrected chi connectivity index (χ3v) is 2.42. The molecule has 0 bridgehead atoms. The van der Waals surface area contributed by atoms with Crippen molar-refractivity contribution in [2.45, 2.75) is 32.2 Å². The van der Waals surface area contributed by atoms with E-state index in [1.807, 2.05) is 14.0 Å². The minimum absolute atomic E-state index is 0.124. The number of amides is 1. The number of hydrogen-bond donors (Lipinski definition) is 1. The zero-order valence-electron chi connectivity index (χ0n) is 7.97. The molecule has 0 spiro atoms. The van der Waals surface area contributed by atoms with Crippen LogP contribution in [-0.2, 0) is 4.79 Å². The number of likely N-dealkylation sites (N-methyl/N-ethyl adjacent to an activating group) is 2. The molecular formula is C9H18N2O. The molecule has 1 fully saturated rings. The van der Waals surface area contributed by atoms with Crippen molar-refractivity contribution in [3.8, 4) is 0 Å². The van der Waals surface area contributed by atoms with Crippen molar-refractivity contribution < 1.29 is 4.79 Å². The molecule has 1 aliphatic heterocycles. The Morgan fingerprint density at radius 2 is 2.33 bits per heavy atom. The van der Waals surface area contributed by atoms with Crippen molar-refractivity contribution in [2.75, 3.05) is 20.1 Å². The van der Waals surface area contributed by atoms with Gasteiger partial charge in [0.1, 0.15) is 0 Å². The third kappa shape index (κ3) is 2.21. The first kappa shape index (κ1) is 9.52. The van der Waals surface area contributed by atoms with E-state index >= 15 is 0 Å². The molecule has 0 saturated carbocycles. The van der Waals surface area contributed by atoms with Gasteiger partial charge >= 0.3 is 0 Å². The van der Waals surface area contributed by atoms with E-state index in [1.165, 1.54) is 12.8 Å². The second kappa shape index (κ2) is 4.45. The van der Waals surface area contributed by atoms with Crippen LogP contribution in [0.5, 0.6) is 0 Å². The topological polar surface area (TPSA) is 32.3 Å². The first-order valence-corrected chi connectivity index (χ1v) is 4.73. The van der Waals surface area contributed by atoms with Crippen molar-refractivity contribution in [2.24, 2.45) is 0 Å². The quantitative estimate of drug-likeness (QED) is 0.658. The van der Waals surface area contributed by atoms with Gasteiger partial charge in [-0.2, -0.15) is 0 Å². The van der Waals surface area contributed by atoms with Crippen molar-refractivity contribution >= 4 is 5.91 Å². The predicted octanol–water partition coefficient (Wildman–Crippen LogP) is 0.607. The maximum absolute atomic E-state index is 11.5. The van der Waals surface area contributed by atoms with Gasteiger partial charge in [0, 0.05) is 6.54 Å². The lowest BCUT2D eigenvalue weighted by Crippen LogP contribution is -2.47. The summed E-state index contributed by atoms with van der Waals surface area (Å²) in [6.45, 7) is 3.76. The highest BCUT2D eigenvalue weighted by Crippen LogP contribution is 2.14. The highest BCUT2D eigenvalue weighted by atomic mass is 16.2. The van der Waals surface area contributed by atoms with Gasteiger partial charge in [0.2, 0.25) is 5.91 Å². The maximum atomic E-state index is 11.5. The van der Waals surface area contributed by atoms with Crippen LogP contribution in [0.25, 0.3) is 0 Å². The molecule has 1 saturated heterocycles. The molecule has 1 N–H and O–H groups in total. The summed E-state index contributed by atoms with van der Waals surface area (Å²) in [5, 5.41) is 2.87. The van der Waals surface area contributed by atoms with Gasteiger partial charge in [0.15, 0.2) is 0 Å². The number of nitrogens with zero attached hydrogens (tertiary/aromatic N) is 1. The Bertz CT molecular complexity index is 159. The van der Waals surface area contributed by atoms with Crippen LogP contribution in [0.3, 0.4) is 0 Å². The fourth-order valence-electron chi connectivity index (χ4n) is 1.70. The Morgan fingerprint density at radius 3 is 2.92 bits per heavy atom. The van der Waals surface area contributed by atoms with E-state index in [9.17, 15) is 4.79 Å². The molecule has 1 atom stereocenters. The van der Waals surface area contributed by atoms with Crippen molar-refractivity contribution in [1.82, 2.24) is 10.2 Å². The lowest BCUT2D eigenvalue weighted by atomic mass is 10.0. The average Bonchev–Trinajstić information content (AvgIpc) is 2.05. The van der Waals surface area contributed by atoms with Crippen LogP contribution >= 0.6 is 0 Å². The fourth-order valence-corrected chi connectivity index (χ4v) is 1.70. The van der Waals surface area contributed by atoms with Crippen molar-refractivity contribution in [3.05, 3.63) is 0 Å². The molecule has 1 amide bonds. The van der Waals surface area contributed by atoms with Crippen molar-refractivity contribution in [1.29, 1.82) is 0 Å². The van der Waals surface area contributed by atoms with Gasteiger partial charge in [-0.1, -0.05) is 6.42 Å². The summed E-state index contributed by atoms with van der Waals surface area (Å²) in [6.07, 6.45) is 3.43. The smallest absolute Gasteiger partial charge is 0.237 e. The van der Waals surface area contributed by atoms with Gasteiger partial charge in [0.05, 0.1) is 6.04 Å².